The number of amides is 1. The zero-order chi connectivity index (χ0) is 25.3. The predicted molar refractivity (Wildman–Crippen MR) is 149 cm³/mol. The van der Waals surface area contributed by atoms with Gasteiger partial charge in [-0.1, -0.05) is 99.8 Å². The van der Waals surface area contributed by atoms with Crippen molar-refractivity contribution in [1.29, 1.82) is 0 Å². The van der Waals surface area contributed by atoms with E-state index in [0.29, 0.717) is 19.4 Å². The van der Waals surface area contributed by atoms with E-state index >= 15 is 0 Å². The molecule has 0 heterocycles. The quantitative estimate of drug-likeness (QED) is 0.154. The molecule has 0 rings (SSSR count). The van der Waals surface area contributed by atoms with E-state index in [1.165, 1.54) is 6.08 Å². The monoisotopic (exact) mass is 465 g/mol. The van der Waals surface area contributed by atoms with Gasteiger partial charge >= 0.3 is 0 Å². The number of Topliss-reactive ketones (excluding diaryl/α,β-unsaturated/α-hetero) is 1. The highest BCUT2D eigenvalue weighted by atomic mass is 16.1. The van der Waals surface area contributed by atoms with Crippen molar-refractivity contribution in [2.75, 3.05) is 6.54 Å². The zero-order valence-electron chi connectivity index (χ0n) is 22.0. The van der Waals surface area contributed by atoms with Crippen LogP contribution in [0.25, 0.3) is 0 Å². The standard InChI is InChI=1S/C31H47NO2/c1-5-7-8-9-10-11-12-13-14-15-16-17-18-19-20-21-22-23-24-26-29(33)27-31(3,4)28-32-30(34)25-6-2/h6-8,10-11,13-14,16-17,19-20,22-23,25H,5,9,12,15,18,21,24,26-28H2,1-4H3,(H,32,34)/b8-7-,11-10-,14-13-,17-16-,20-19-,23-22-,25-6+. The van der Waals surface area contributed by atoms with Gasteiger partial charge in [0, 0.05) is 19.4 Å². The molecule has 188 valence electrons. The molecule has 0 saturated carbocycles. The Hall–Kier alpha value is -2.68. The van der Waals surface area contributed by atoms with Crippen molar-refractivity contribution in [3.63, 3.8) is 0 Å². The zero-order valence-corrected chi connectivity index (χ0v) is 22.0. The SMILES string of the molecule is C/C=C/C(=O)NCC(C)(C)CC(=O)CC/C=C\C/C=C\C/C=C\C/C=C\C/C=C\C/C=C\CC. The predicted octanol–water partition coefficient (Wildman–Crippen LogP) is 8.14. The first-order valence-corrected chi connectivity index (χ1v) is 12.7. The average molecular weight is 466 g/mol. The first-order chi connectivity index (χ1) is 16.4. The average Bonchev–Trinajstić information content (AvgIpc) is 2.79. The van der Waals surface area contributed by atoms with Crippen molar-refractivity contribution >= 4 is 11.7 Å². The summed E-state index contributed by atoms with van der Waals surface area (Å²) in [5.41, 5.74) is -0.229. The minimum atomic E-state index is -0.229. The molecule has 0 aromatic rings. The Bertz CT molecular complexity index is 745. The Morgan fingerprint density at radius 2 is 1.15 bits per heavy atom. The largest absolute Gasteiger partial charge is 0.352 e. The summed E-state index contributed by atoms with van der Waals surface area (Å²) in [5, 5.41) is 2.85. The maximum atomic E-state index is 12.2. The molecule has 1 amide bonds. The lowest BCUT2D eigenvalue weighted by Gasteiger charge is -2.23. The maximum absolute atomic E-state index is 12.2. The molecular weight excluding hydrogens is 418 g/mol. The van der Waals surface area contributed by atoms with Gasteiger partial charge in [0.25, 0.3) is 0 Å². The molecule has 0 saturated heterocycles. The first kappa shape index (κ1) is 31.3. The van der Waals surface area contributed by atoms with Gasteiger partial charge in [-0.25, -0.2) is 0 Å². The molecule has 0 aliphatic carbocycles. The highest BCUT2D eigenvalue weighted by Crippen LogP contribution is 2.20. The van der Waals surface area contributed by atoms with Gasteiger partial charge in [-0.2, -0.15) is 0 Å². The lowest BCUT2D eigenvalue weighted by molar-refractivity contribution is -0.122. The van der Waals surface area contributed by atoms with Crippen LogP contribution in [0.15, 0.2) is 85.1 Å². The lowest BCUT2D eigenvalue weighted by atomic mass is 9.86. The van der Waals surface area contributed by atoms with Crippen molar-refractivity contribution in [3.8, 4) is 0 Å². The second-order valence-corrected chi connectivity index (χ2v) is 9.05. The molecule has 3 nitrogen and oxygen atoms in total. The van der Waals surface area contributed by atoms with Crippen LogP contribution in [0.2, 0.25) is 0 Å². The first-order valence-electron chi connectivity index (χ1n) is 12.7. The van der Waals surface area contributed by atoms with Gasteiger partial charge in [0.15, 0.2) is 0 Å². The fourth-order valence-corrected chi connectivity index (χ4v) is 3.11. The Balaban J connectivity index is 3.82. The van der Waals surface area contributed by atoms with Crippen LogP contribution in [-0.2, 0) is 9.59 Å². The van der Waals surface area contributed by atoms with E-state index in [-0.39, 0.29) is 17.1 Å². The Morgan fingerprint density at radius 3 is 1.59 bits per heavy atom. The van der Waals surface area contributed by atoms with E-state index in [0.717, 1.165) is 44.9 Å². The van der Waals surface area contributed by atoms with E-state index in [1.807, 2.05) is 20.8 Å². The molecule has 0 spiro atoms. The molecule has 34 heavy (non-hydrogen) atoms. The molecule has 0 aromatic heterocycles. The van der Waals surface area contributed by atoms with Gasteiger partial charge in [-0.15, -0.1) is 0 Å². The third-order valence-electron chi connectivity index (χ3n) is 4.92. The van der Waals surface area contributed by atoms with Crippen LogP contribution in [0.5, 0.6) is 0 Å². The van der Waals surface area contributed by atoms with Gasteiger partial charge < -0.3 is 5.32 Å². The highest BCUT2D eigenvalue weighted by molar-refractivity contribution is 5.87. The molecule has 0 aliphatic heterocycles. The number of rotatable bonds is 19. The molecule has 3 heteroatoms. The number of ketones is 1. The fourth-order valence-electron chi connectivity index (χ4n) is 3.11. The minimum absolute atomic E-state index is 0.110. The number of hydrogen-bond donors (Lipinski definition) is 1. The van der Waals surface area contributed by atoms with E-state index in [1.54, 1.807) is 6.08 Å². The molecule has 0 unspecified atom stereocenters. The van der Waals surface area contributed by atoms with Crippen LogP contribution in [0, 0.1) is 5.41 Å². The molecular formula is C31H47NO2. The van der Waals surface area contributed by atoms with Gasteiger partial charge in [-0.05, 0) is 63.4 Å². The number of carbonyl (C=O) groups excluding carboxylic acids is 2. The minimum Gasteiger partial charge on any atom is -0.352 e. The molecule has 0 aromatic carbocycles. The highest BCUT2D eigenvalue weighted by Gasteiger charge is 2.21. The van der Waals surface area contributed by atoms with Crippen LogP contribution < -0.4 is 5.32 Å². The number of hydrogen-bond acceptors (Lipinski definition) is 2. The number of allylic oxidation sites excluding steroid dienone is 13. The summed E-state index contributed by atoms with van der Waals surface area (Å²) in [4.78, 5) is 23.7. The van der Waals surface area contributed by atoms with Gasteiger partial charge in [0.2, 0.25) is 5.91 Å². The topological polar surface area (TPSA) is 46.2 Å². The van der Waals surface area contributed by atoms with Crippen LogP contribution in [0.1, 0.15) is 85.5 Å². The van der Waals surface area contributed by atoms with Gasteiger partial charge in [-0.3, -0.25) is 9.59 Å². The summed E-state index contributed by atoms with van der Waals surface area (Å²) in [6, 6.07) is 0. The van der Waals surface area contributed by atoms with E-state index < -0.39 is 0 Å². The molecule has 0 fully saturated rings. The second-order valence-electron chi connectivity index (χ2n) is 9.05. The van der Waals surface area contributed by atoms with Crippen LogP contribution >= 0.6 is 0 Å². The number of carbonyl (C=O) groups is 2. The van der Waals surface area contributed by atoms with Crippen molar-refractivity contribution < 1.29 is 9.59 Å². The number of nitrogens with one attached hydrogen (secondary N) is 1. The Morgan fingerprint density at radius 1 is 0.706 bits per heavy atom. The maximum Gasteiger partial charge on any atom is 0.243 e. The van der Waals surface area contributed by atoms with Crippen LogP contribution in [0.3, 0.4) is 0 Å². The summed E-state index contributed by atoms with van der Waals surface area (Å²) < 4.78 is 0. The smallest absolute Gasteiger partial charge is 0.243 e. The second kappa shape index (κ2) is 22.1. The molecule has 1 N–H and O–H groups in total. The van der Waals surface area contributed by atoms with Gasteiger partial charge in [0.1, 0.15) is 5.78 Å². The van der Waals surface area contributed by atoms with Gasteiger partial charge in [0.05, 0.1) is 0 Å². The third kappa shape index (κ3) is 22.5. The van der Waals surface area contributed by atoms with E-state index in [4.69, 9.17) is 0 Å². The Kier molecular flexibility index (Phi) is 20.4. The summed E-state index contributed by atoms with van der Waals surface area (Å²) in [6.07, 6.45) is 37.1. The fraction of sp³-hybridized carbons (Fsp3) is 0.484. The van der Waals surface area contributed by atoms with Crippen molar-refractivity contribution in [2.24, 2.45) is 5.41 Å². The molecule has 0 aliphatic rings. The van der Waals surface area contributed by atoms with Crippen molar-refractivity contribution in [1.82, 2.24) is 5.32 Å². The van der Waals surface area contributed by atoms with Crippen molar-refractivity contribution in [3.05, 3.63) is 85.1 Å². The third-order valence-corrected chi connectivity index (χ3v) is 4.92. The molecule has 0 atom stereocenters. The van der Waals surface area contributed by atoms with Crippen LogP contribution in [0.4, 0.5) is 0 Å². The van der Waals surface area contributed by atoms with E-state index in [9.17, 15) is 9.59 Å². The summed E-state index contributed by atoms with van der Waals surface area (Å²) in [6.45, 7) is 8.49. The summed E-state index contributed by atoms with van der Waals surface area (Å²) in [7, 11) is 0. The molecule has 0 radical (unpaired) electrons. The summed E-state index contributed by atoms with van der Waals surface area (Å²) in [5.74, 6) is 0.130. The molecule has 0 bridgehead atoms. The van der Waals surface area contributed by atoms with Crippen LogP contribution in [-0.4, -0.2) is 18.2 Å². The Labute approximate surface area is 209 Å². The lowest BCUT2D eigenvalue weighted by Crippen LogP contribution is -2.34. The van der Waals surface area contributed by atoms with Crippen molar-refractivity contribution in [2.45, 2.75) is 85.5 Å². The summed E-state index contributed by atoms with van der Waals surface area (Å²) >= 11 is 0. The van der Waals surface area contributed by atoms with E-state index in [2.05, 4.69) is 85.2 Å². The normalized spacial score (nSPS) is 13.3.